The van der Waals surface area contributed by atoms with E-state index < -0.39 is 0 Å². The molecule has 0 bridgehead atoms. The van der Waals surface area contributed by atoms with Gasteiger partial charge in [0.15, 0.2) is 5.16 Å². The molecule has 18 heavy (non-hydrogen) atoms. The molecule has 0 unspecified atom stereocenters. The number of carbonyl (C=O) groups excluding carboxylic acids is 1. The maximum atomic E-state index is 12.0. The van der Waals surface area contributed by atoms with Crippen LogP contribution in [0.1, 0.15) is 17.4 Å². The van der Waals surface area contributed by atoms with Gasteiger partial charge < -0.3 is 5.32 Å². The van der Waals surface area contributed by atoms with Crippen molar-refractivity contribution in [1.82, 2.24) is 14.9 Å². The second-order valence-corrected chi connectivity index (χ2v) is 4.43. The Morgan fingerprint density at radius 3 is 2.72 bits per heavy atom. The van der Waals surface area contributed by atoms with Gasteiger partial charge in [0, 0.05) is 12.2 Å². The molecular weight excluding hydrogens is 246 g/mol. The highest BCUT2D eigenvalue weighted by Gasteiger charge is 2.16. The number of benzene rings is 1. The maximum absolute atomic E-state index is 12.0. The molecule has 2 rings (SSSR count). The first-order valence-electron chi connectivity index (χ1n) is 5.73. The summed E-state index contributed by atoms with van der Waals surface area (Å²) < 4.78 is 1.87. The van der Waals surface area contributed by atoms with Crippen LogP contribution in [0.3, 0.4) is 0 Å². The third-order valence-electron chi connectivity index (χ3n) is 2.50. The average molecular weight is 261 g/mol. The highest BCUT2D eigenvalue weighted by molar-refractivity contribution is 7.98. The molecule has 2 aromatic rings. The van der Waals surface area contributed by atoms with Crippen molar-refractivity contribution in [3.8, 4) is 5.69 Å². The lowest BCUT2D eigenvalue weighted by Gasteiger charge is -2.10. The van der Waals surface area contributed by atoms with E-state index in [0.717, 1.165) is 10.8 Å². The van der Waals surface area contributed by atoms with Crippen LogP contribution in [-0.2, 0) is 0 Å². The van der Waals surface area contributed by atoms with Crippen LogP contribution < -0.4 is 5.32 Å². The largest absolute Gasteiger partial charge is 0.351 e. The zero-order chi connectivity index (χ0) is 13.0. The van der Waals surface area contributed by atoms with Crippen molar-refractivity contribution in [2.75, 3.05) is 12.8 Å². The molecule has 1 amide bonds. The van der Waals surface area contributed by atoms with Crippen LogP contribution in [-0.4, -0.2) is 28.3 Å². The van der Waals surface area contributed by atoms with E-state index in [0.29, 0.717) is 12.2 Å². The van der Waals surface area contributed by atoms with Gasteiger partial charge in [0.05, 0.1) is 6.20 Å². The van der Waals surface area contributed by atoms with Crippen molar-refractivity contribution in [2.45, 2.75) is 12.1 Å². The molecule has 0 aliphatic rings. The number of hydrogen-bond acceptors (Lipinski definition) is 3. The van der Waals surface area contributed by atoms with Crippen molar-refractivity contribution < 1.29 is 4.79 Å². The number of para-hydroxylation sites is 1. The van der Waals surface area contributed by atoms with Gasteiger partial charge in [-0.3, -0.25) is 9.36 Å². The molecule has 4 nitrogen and oxygen atoms in total. The molecule has 0 atom stereocenters. The molecule has 0 aliphatic carbocycles. The predicted molar refractivity (Wildman–Crippen MR) is 73.4 cm³/mol. The van der Waals surface area contributed by atoms with Crippen LogP contribution in [0.25, 0.3) is 5.69 Å². The Balaban J connectivity index is 2.50. The first kappa shape index (κ1) is 12.7. The third kappa shape index (κ3) is 2.41. The standard InChI is InChI=1S/C13H15N3OS/c1-3-14-12(17)11-9-15-13(18-2)16(11)10-7-5-4-6-8-10/h4-9H,3H2,1-2H3,(H,14,17). The van der Waals surface area contributed by atoms with Gasteiger partial charge in [0.25, 0.3) is 5.91 Å². The van der Waals surface area contributed by atoms with Crippen LogP contribution in [0, 0.1) is 0 Å². The lowest BCUT2D eigenvalue weighted by molar-refractivity contribution is 0.0948. The Morgan fingerprint density at radius 2 is 2.11 bits per heavy atom. The molecule has 94 valence electrons. The minimum atomic E-state index is -0.103. The summed E-state index contributed by atoms with van der Waals surface area (Å²) in [5.74, 6) is -0.103. The number of thioether (sulfide) groups is 1. The molecule has 0 saturated heterocycles. The van der Waals surface area contributed by atoms with Gasteiger partial charge in [-0.1, -0.05) is 30.0 Å². The van der Waals surface area contributed by atoms with Gasteiger partial charge >= 0.3 is 0 Å². The number of aromatic nitrogens is 2. The molecule has 0 fully saturated rings. The van der Waals surface area contributed by atoms with Crippen molar-refractivity contribution >= 4 is 17.7 Å². The summed E-state index contributed by atoms with van der Waals surface area (Å²) in [6.45, 7) is 2.50. The molecule has 5 heteroatoms. The Bertz CT molecular complexity index is 536. The van der Waals surface area contributed by atoms with Gasteiger partial charge in [-0.15, -0.1) is 0 Å². The van der Waals surface area contributed by atoms with E-state index in [4.69, 9.17) is 0 Å². The fourth-order valence-corrected chi connectivity index (χ4v) is 2.26. The Hall–Kier alpha value is -1.75. The highest BCUT2D eigenvalue weighted by Crippen LogP contribution is 2.21. The van der Waals surface area contributed by atoms with Crippen molar-refractivity contribution in [3.05, 3.63) is 42.2 Å². The van der Waals surface area contributed by atoms with E-state index in [-0.39, 0.29) is 5.91 Å². The Morgan fingerprint density at radius 1 is 1.39 bits per heavy atom. The lowest BCUT2D eigenvalue weighted by atomic mass is 10.3. The number of amides is 1. The molecule has 1 aromatic carbocycles. The van der Waals surface area contributed by atoms with Gasteiger partial charge in [0.2, 0.25) is 0 Å². The van der Waals surface area contributed by atoms with E-state index in [1.54, 1.807) is 6.20 Å². The zero-order valence-corrected chi connectivity index (χ0v) is 11.2. The second kappa shape index (κ2) is 5.73. The molecule has 0 spiro atoms. The maximum Gasteiger partial charge on any atom is 0.269 e. The van der Waals surface area contributed by atoms with Gasteiger partial charge in [-0.25, -0.2) is 4.98 Å². The molecule has 1 N–H and O–H groups in total. The van der Waals surface area contributed by atoms with E-state index in [9.17, 15) is 4.79 Å². The summed E-state index contributed by atoms with van der Waals surface area (Å²) >= 11 is 1.52. The SMILES string of the molecule is CCNC(=O)c1cnc(SC)n1-c1ccccc1. The van der Waals surface area contributed by atoms with Crippen LogP contribution in [0.5, 0.6) is 0 Å². The summed E-state index contributed by atoms with van der Waals surface area (Å²) in [6, 6.07) is 9.77. The minimum Gasteiger partial charge on any atom is -0.351 e. The van der Waals surface area contributed by atoms with E-state index in [2.05, 4.69) is 10.3 Å². The smallest absolute Gasteiger partial charge is 0.269 e. The van der Waals surface area contributed by atoms with Crippen LogP contribution >= 0.6 is 11.8 Å². The summed E-state index contributed by atoms with van der Waals surface area (Å²) in [5, 5.41) is 3.61. The first-order chi connectivity index (χ1) is 8.77. The predicted octanol–water partition coefficient (Wildman–Crippen LogP) is 2.34. The Labute approximate surface area is 110 Å². The monoisotopic (exact) mass is 261 g/mol. The number of carbonyl (C=O) groups is 1. The molecular formula is C13H15N3OS. The van der Waals surface area contributed by atoms with Gasteiger partial charge in [-0.2, -0.15) is 0 Å². The van der Waals surface area contributed by atoms with E-state index in [1.807, 2.05) is 48.1 Å². The third-order valence-corrected chi connectivity index (χ3v) is 3.15. The number of hydrogen-bond donors (Lipinski definition) is 1. The topological polar surface area (TPSA) is 46.9 Å². The summed E-state index contributed by atoms with van der Waals surface area (Å²) in [5.41, 5.74) is 1.51. The number of nitrogens with one attached hydrogen (secondary N) is 1. The molecule has 1 aromatic heterocycles. The molecule has 0 radical (unpaired) electrons. The molecule has 0 aliphatic heterocycles. The summed E-state index contributed by atoms with van der Waals surface area (Å²) in [7, 11) is 0. The highest BCUT2D eigenvalue weighted by atomic mass is 32.2. The fraction of sp³-hybridized carbons (Fsp3) is 0.231. The van der Waals surface area contributed by atoms with Crippen molar-refractivity contribution in [1.29, 1.82) is 0 Å². The minimum absolute atomic E-state index is 0.103. The number of nitrogens with zero attached hydrogens (tertiary/aromatic N) is 2. The van der Waals surface area contributed by atoms with Crippen LogP contribution in [0.2, 0.25) is 0 Å². The average Bonchev–Trinajstić information content (AvgIpc) is 2.83. The first-order valence-corrected chi connectivity index (χ1v) is 6.95. The van der Waals surface area contributed by atoms with Crippen molar-refractivity contribution in [2.24, 2.45) is 0 Å². The molecule has 1 heterocycles. The number of rotatable bonds is 4. The van der Waals surface area contributed by atoms with E-state index >= 15 is 0 Å². The Kier molecular flexibility index (Phi) is 4.04. The van der Waals surface area contributed by atoms with Gasteiger partial charge in [-0.05, 0) is 25.3 Å². The normalized spacial score (nSPS) is 10.3. The lowest BCUT2D eigenvalue weighted by Crippen LogP contribution is -2.25. The van der Waals surface area contributed by atoms with Crippen LogP contribution in [0.15, 0.2) is 41.7 Å². The summed E-state index contributed by atoms with van der Waals surface area (Å²) in [4.78, 5) is 16.3. The quantitative estimate of drug-likeness (QED) is 0.859. The second-order valence-electron chi connectivity index (χ2n) is 3.66. The summed E-state index contributed by atoms with van der Waals surface area (Å²) in [6.07, 6.45) is 3.56. The van der Waals surface area contributed by atoms with Crippen LogP contribution in [0.4, 0.5) is 0 Å². The number of imidazole rings is 1. The van der Waals surface area contributed by atoms with E-state index in [1.165, 1.54) is 11.8 Å². The fourth-order valence-electron chi connectivity index (χ4n) is 1.72. The van der Waals surface area contributed by atoms with Gasteiger partial charge in [0.1, 0.15) is 5.69 Å². The molecule has 0 saturated carbocycles. The van der Waals surface area contributed by atoms with Crippen molar-refractivity contribution in [3.63, 3.8) is 0 Å². The zero-order valence-electron chi connectivity index (χ0n) is 10.4.